The average molecular weight is 308 g/mol. The fourth-order valence-electron chi connectivity index (χ4n) is 1.57. The van der Waals surface area contributed by atoms with Crippen molar-refractivity contribution in [2.75, 3.05) is 12.3 Å². The highest BCUT2D eigenvalue weighted by atomic mass is 32.2. The number of hydrogen-bond acceptors (Lipinski definition) is 4. The molecule has 1 N–H and O–H groups in total. The Balaban J connectivity index is 1.88. The van der Waals surface area contributed by atoms with Crippen LogP contribution in [0.25, 0.3) is 11.3 Å². The lowest BCUT2D eigenvalue weighted by Gasteiger charge is -2.06. The molecule has 21 heavy (non-hydrogen) atoms. The predicted octanol–water partition coefficient (Wildman–Crippen LogP) is 3.35. The number of amides is 1. The van der Waals surface area contributed by atoms with Crippen molar-refractivity contribution in [3.63, 3.8) is 0 Å². The van der Waals surface area contributed by atoms with Gasteiger partial charge in [-0.1, -0.05) is 25.6 Å². The number of benzene rings is 1. The van der Waals surface area contributed by atoms with Gasteiger partial charge in [0.15, 0.2) is 5.76 Å². The van der Waals surface area contributed by atoms with Crippen LogP contribution in [0.3, 0.4) is 0 Å². The molecule has 0 saturated carbocycles. The smallest absolute Gasteiger partial charge is 0.256 e. The van der Waals surface area contributed by atoms with Gasteiger partial charge < -0.3 is 9.73 Å². The largest absolute Gasteiger partial charge is 0.431 e. The summed E-state index contributed by atoms with van der Waals surface area (Å²) >= 11 is 1.23. The van der Waals surface area contributed by atoms with E-state index >= 15 is 0 Å². The molecule has 0 bridgehead atoms. The molecule has 2 aromatic rings. The Morgan fingerprint density at radius 3 is 2.76 bits per heavy atom. The Bertz CT molecular complexity index is 596. The maximum atomic E-state index is 12.9. The third-order valence-electron chi connectivity index (χ3n) is 2.65. The summed E-state index contributed by atoms with van der Waals surface area (Å²) in [5.74, 6) is 0.895. The topological polar surface area (TPSA) is 55.1 Å². The number of carbonyl (C=O) groups excluding carboxylic acids is 1. The van der Waals surface area contributed by atoms with Gasteiger partial charge in [-0.3, -0.25) is 4.79 Å². The van der Waals surface area contributed by atoms with Crippen LogP contribution in [0, 0.1) is 11.7 Å². The van der Waals surface area contributed by atoms with Crippen LogP contribution in [0.5, 0.6) is 0 Å². The first-order chi connectivity index (χ1) is 10.0. The molecule has 0 radical (unpaired) electrons. The summed E-state index contributed by atoms with van der Waals surface area (Å²) < 4.78 is 18.4. The van der Waals surface area contributed by atoms with Gasteiger partial charge in [-0.15, -0.1) is 0 Å². The number of aromatic nitrogens is 1. The zero-order chi connectivity index (χ0) is 15.2. The van der Waals surface area contributed by atoms with Gasteiger partial charge in [0.05, 0.1) is 11.9 Å². The van der Waals surface area contributed by atoms with Crippen LogP contribution in [0.4, 0.5) is 4.39 Å². The second kappa shape index (κ2) is 7.26. The van der Waals surface area contributed by atoms with Crippen molar-refractivity contribution < 1.29 is 13.6 Å². The van der Waals surface area contributed by atoms with Crippen molar-refractivity contribution in [2.45, 2.75) is 19.1 Å². The highest BCUT2D eigenvalue weighted by molar-refractivity contribution is 7.99. The summed E-state index contributed by atoms with van der Waals surface area (Å²) in [5, 5.41) is 3.25. The third-order valence-corrected chi connectivity index (χ3v) is 3.49. The van der Waals surface area contributed by atoms with Gasteiger partial charge in [-0.2, -0.15) is 0 Å². The fourth-order valence-corrected chi connectivity index (χ4v) is 2.20. The van der Waals surface area contributed by atoms with Gasteiger partial charge in [0, 0.05) is 12.1 Å². The Kier molecular flexibility index (Phi) is 5.38. The van der Waals surface area contributed by atoms with Crippen molar-refractivity contribution in [2.24, 2.45) is 5.92 Å². The first-order valence-electron chi connectivity index (χ1n) is 6.66. The van der Waals surface area contributed by atoms with Crippen LogP contribution in [0.1, 0.15) is 13.8 Å². The molecule has 0 aliphatic carbocycles. The lowest BCUT2D eigenvalue weighted by Crippen LogP contribution is -2.28. The summed E-state index contributed by atoms with van der Waals surface area (Å²) in [6.07, 6.45) is 1.57. The molecule has 6 heteroatoms. The van der Waals surface area contributed by atoms with Crippen molar-refractivity contribution in [1.29, 1.82) is 0 Å². The molecule has 1 aromatic carbocycles. The number of rotatable bonds is 6. The van der Waals surface area contributed by atoms with Crippen LogP contribution >= 0.6 is 11.8 Å². The molecule has 1 aromatic heterocycles. The van der Waals surface area contributed by atoms with E-state index in [0.29, 0.717) is 23.4 Å². The van der Waals surface area contributed by atoms with Gasteiger partial charge in [0.2, 0.25) is 5.91 Å². The maximum Gasteiger partial charge on any atom is 0.256 e. The molecule has 2 rings (SSSR count). The van der Waals surface area contributed by atoms with Crippen molar-refractivity contribution in [3.8, 4) is 11.3 Å². The maximum absolute atomic E-state index is 12.9. The van der Waals surface area contributed by atoms with E-state index in [2.05, 4.69) is 10.3 Å². The fraction of sp³-hybridized carbons (Fsp3) is 0.333. The zero-order valence-corrected chi connectivity index (χ0v) is 12.7. The highest BCUT2D eigenvalue weighted by Crippen LogP contribution is 2.25. The van der Waals surface area contributed by atoms with Gasteiger partial charge in [-0.25, -0.2) is 9.37 Å². The molecule has 0 aliphatic heterocycles. The molecule has 1 heterocycles. The highest BCUT2D eigenvalue weighted by Gasteiger charge is 2.10. The molecule has 0 unspecified atom stereocenters. The van der Waals surface area contributed by atoms with E-state index in [0.717, 1.165) is 5.56 Å². The van der Waals surface area contributed by atoms with E-state index in [4.69, 9.17) is 4.42 Å². The average Bonchev–Trinajstić information content (AvgIpc) is 2.92. The van der Waals surface area contributed by atoms with Crippen molar-refractivity contribution in [3.05, 3.63) is 36.3 Å². The SMILES string of the molecule is CC(C)CNC(=O)CSc1ncc(-c2ccc(F)cc2)o1. The van der Waals surface area contributed by atoms with E-state index in [1.807, 2.05) is 13.8 Å². The van der Waals surface area contributed by atoms with E-state index in [1.54, 1.807) is 18.3 Å². The lowest BCUT2D eigenvalue weighted by atomic mass is 10.2. The number of carbonyl (C=O) groups is 1. The van der Waals surface area contributed by atoms with Crippen LogP contribution in [0.15, 0.2) is 40.1 Å². The van der Waals surface area contributed by atoms with Gasteiger partial charge >= 0.3 is 0 Å². The molecule has 0 atom stereocenters. The Morgan fingerprint density at radius 1 is 1.38 bits per heavy atom. The number of oxazole rings is 1. The lowest BCUT2D eigenvalue weighted by molar-refractivity contribution is -0.118. The summed E-state index contributed by atoms with van der Waals surface area (Å²) in [6, 6.07) is 5.98. The van der Waals surface area contributed by atoms with Gasteiger partial charge in [0.1, 0.15) is 5.82 Å². The molecule has 0 fully saturated rings. The summed E-state index contributed by atoms with van der Waals surface area (Å²) in [4.78, 5) is 15.7. The standard InChI is InChI=1S/C15H17FN2O2S/c1-10(2)7-17-14(19)9-21-15-18-8-13(20-15)11-3-5-12(16)6-4-11/h3-6,8,10H,7,9H2,1-2H3,(H,17,19). The Morgan fingerprint density at radius 2 is 2.10 bits per heavy atom. The van der Waals surface area contributed by atoms with Crippen molar-refractivity contribution in [1.82, 2.24) is 10.3 Å². The van der Waals surface area contributed by atoms with E-state index in [9.17, 15) is 9.18 Å². The molecular formula is C15H17FN2O2S. The Hall–Kier alpha value is -1.82. The minimum atomic E-state index is -0.297. The van der Waals surface area contributed by atoms with E-state index in [-0.39, 0.29) is 17.5 Å². The minimum absolute atomic E-state index is 0.0461. The molecule has 112 valence electrons. The van der Waals surface area contributed by atoms with E-state index in [1.165, 1.54) is 23.9 Å². The van der Waals surface area contributed by atoms with Gasteiger partial charge in [0.25, 0.3) is 5.22 Å². The number of nitrogens with zero attached hydrogens (tertiary/aromatic N) is 1. The number of thioether (sulfide) groups is 1. The number of halogens is 1. The van der Waals surface area contributed by atoms with Crippen LogP contribution in [-0.4, -0.2) is 23.2 Å². The van der Waals surface area contributed by atoms with Crippen LogP contribution in [-0.2, 0) is 4.79 Å². The molecular weight excluding hydrogens is 291 g/mol. The predicted molar refractivity (Wildman–Crippen MR) is 80.5 cm³/mol. The molecule has 0 saturated heterocycles. The van der Waals surface area contributed by atoms with Crippen LogP contribution < -0.4 is 5.32 Å². The normalized spacial score (nSPS) is 10.9. The van der Waals surface area contributed by atoms with Gasteiger partial charge in [-0.05, 0) is 30.2 Å². The van der Waals surface area contributed by atoms with E-state index < -0.39 is 0 Å². The molecule has 1 amide bonds. The summed E-state index contributed by atoms with van der Waals surface area (Å²) in [5.41, 5.74) is 0.750. The molecule has 0 aliphatic rings. The minimum Gasteiger partial charge on any atom is -0.431 e. The Labute approximate surface area is 127 Å². The quantitative estimate of drug-likeness (QED) is 0.832. The molecule has 4 nitrogen and oxygen atoms in total. The third kappa shape index (κ3) is 4.90. The number of hydrogen-bond donors (Lipinski definition) is 1. The summed E-state index contributed by atoms with van der Waals surface area (Å²) in [6.45, 7) is 4.73. The monoisotopic (exact) mass is 308 g/mol. The first kappa shape index (κ1) is 15.6. The molecule has 0 spiro atoms. The first-order valence-corrected chi connectivity index (χ1v) is 7.64. The van der Waals surface area contributed by atoms with Crippen molar-refractivity contribution >= 4 is 17.7 Å². The second-order valence-corrected chi connectivity index (χ2v) is 5.91. The number of nitrogens with one attached hydrogen (secondary N) is 1. The van der Waals surface area contributed by atoms with Crippen LogP contribution in [0.2, 0.25) is 0 Å². The summed E-state index contributed by atoms with van der Waals surface area (Å²) in [7, 11) is 0. The zero-order valence-electron chi connectivity index (χ0n) is 11.9. The second-order valence-electron chi connectivity index (χ2n) is 4.98.